The van der Waals surface area contributed by atoms with E-state index in [2.05, 4.69) is 50.9 Å². The minimum atomic E-state index is 0.429. The molecule has 0 bridgehead atoms. The minimum absolute atomic E-state index is 0.429. The molecule has 5 rings (SSSR count). The first-order chi connectivity index (χ1) is 15.8. The number of pyridine rings is 1. The van der Waals surface area contributed by atoms with E-state index < -0.39 is 0 Å². The van der Waals surface area contributed by atoms with Gasteiger partial charge in [0.1, 0.15) is 30.5 Å². The fourth-order valence-corrected chi connectivity index (χ4v) is 3.73. The number of aromatic nitrogens is 1. The Bertz CT molecular complexity index is 1180. The van der Waals surface area contributed by atoms with Gasteiger partial charge in [0.15, 0.2) is 0 Å². The van der Waals surface area contributed by atoms with Crippen molar-refractivity contribution in [1.82, 2.24) is 21.5 Å². The molecular weight excluding hydrogens is 402 g/mol. The van der Waals surface area contributed by atoms with Crippen LogP contribution in [0.15, 0.2) is 89.1 Å². The Labute approximate surface area is 186 Å². The molecule has 1 aromatic heterocycles. The van der Waals surface area contributed by atoms with Crippen molar-refractivity contribution in [2.24, 2.45) is 5.10 Å². The SMILES string of the molecule is C1=C(CC2=NNNN2)C=C(COc2ccc(OCc3ccc4ccccc4n3)cc2)CC1. The molecule has 1 aliphatic heterocycles. The van der Waals surface area contributed by atoms with Crippen molar-refractivity contribution in [3.63, 3.8) is 0 Å². The van der Waals surface area contributed by atoms with Crippen molar-refractivity contribution < 1.29 is 9.47 Å². The van der Waals surface area contributed by atoms with Crippen LogP contribution in [0.25, 0.3) is 10.9 Å². The Morgan fingerprint density at radius 1 is 0.875 bits per heavy atom. The number of allylic oxidation sites excluding steroid dienone is 2. The topological polar surface area (TPSA) is 79.8 Å². The van der Waals surface area contributed by atoms with Crippen molar-refractivity contribution >= 4 is 16.7 Å². The van der Waals surface area contributed by atoms with Gasteiger partial charge in [-0.2, -0.15) is 0 Å². The van der Waals surface area contributed by atoms with Crippen LogP contribution in [-0.4, -0.2) is 17.4 Å². The van der Waals surface area contributed by atoms with Crippen LogP contribution in [0.3, 0.4) is 0 Å². The van der Waals surface area contributed by atoms with Gasteiger partial charge in [0.25, 0.3) is 0 Å². The van der Waals surface area contributed by atoms with Gasteiger partial charge in [-0.25, -0.2) is 10.5 Å². The number of rotatable bonds is 8. The predicted molar refractivity (Wildman–Crippen MR) is 125 cm³/mol. The first-order valence-corrected chi connectivity index (χ1v) is 10.7. The number of hydrogen-bond donors (Lipinski definition) is 3. The molecule has 3 aromatic rings. The van der Waals surface area contributed by atoms with Crippen molar-refractivity contribution in [3.8, 4) is 11.5 Å². The molecular formula is C25H25N5O2. The summed E-state index contributed by atoms with van der Waals surface area (Å²) in [5, 5.41) is 5.26. The van der Waals surface area contributed by atoms with Crippen molar-refractivity contribution in [2.45, 2.75) is 25.9 Å². The molecule has 0 amide bonds. The first kappa shape index (κ1) is 20.1. The van der Waals surface area contributed by atoms with E-state index in [0.717, 1.165) is 53.2 Å². The van der Waals surface area contributed by atoms with Gasteiger partial charge in [0.05, 0.1) is 11.2 Å². The zero-order valence-electron chi connectivity index (χ0n) is 17.7. The van der Waals surface area contributed by atoms with Crippen LogP contribution in [0.2, 0.25) is 0 Å². The van der Waals surface area contributed by atoms with Gasteiger partial charge >= 0.3 is 0 Å². The highest BCUT2D eigenvalue weighted by atomic mass is 16.5. The molecule has 2 aliphatic rings. The van der Waals surface area contributed by atoms with E-state index >= 15 is 0 Å². The number of fused-ring (bicyclic) bond motifs is 1. The van der Waals surface area contributed by atoms with E-state index in [1.807, 2.05) is 48.5 Å². The summed E-state index contributed by atoms with van der Waals surface area (Å²) in [6.45, 7) is 1.01. The normalized spacial score (nSPS) is 15.3. The van der Waals surface area contributed by atoms with Gasteiger partial charge in [-0.05, 0) is 60.4 Å². The molecule has 0 fully saturated rings. The van der Waals surface area contributed by atoms with E-state index in [1.165, 1.54) is 11.1 Å². The maximum absolute atomic E-state index is 6.00. The summed E-state index contributed by atoms with van der Waals surface area (Å²) in [5.41, 5.74) is 12.8. The lowest BCUT2D eigenvalue weighted by Crippen LogP contribution is -2.35. The highest BCUT2D eigenvalue weighted by Gasteiger charge is 2.11. The molecule has 0 spiro atoms. The predicted octanol–water partition coefficient (Wildman–Crippen LogP) is 4.16. The number of hydrogen-bond acceptors (Lipinski definition) is 7. The molecule has 3 N–H and O–H groups in total. The zero-order chi connectivity index (χ0) is 21.6. The van der Waals surface area contributed by atoms with Gasteiger partial charge in [-0.1, -0.05) is 36.4 Å². The quantitative estimate of drug-likeness (QED) is 0.501. The average Bonchev–Trinajstić information content (AvgIpc) is 3.35. The van der Waals surface area contributed by atoms with Gasteiger partial charge < -0.3 is 9.47 Å². The number of ether oxygens (including phenoxy) is 2. The molecule has 0 unspecified atom stereocenters. The third-order valence-electron chi connectivity index (χ3n) is 5.38. The molecule has 162 valence electrons. The maximum Gasteiger partial charge on any atom is 0.143 e. The van der Waals surface area contributed by atoms with Crippen LogP contribution in [0.1, 0.15) is 25.0 Å². The van der Waals surface area contributed by atoms with Crippen molar-refractivity contribution in [1.29, 1.82) is 0 Å². The van der Waals surface area contributed by atoms with Gasteiger partial charge in [-0.3, -0.25) is 5.43 Å². The van der Waals surface area contributed by atoms with Crippen molar-refractivity contribution in [3.05, 3.63) is 89.7 Å². The van der Waals surface area contributed by atoms with Crippen molar-refractivity contribution in [2.75, 3.05) is 6.61 Å². The van der Waals surface area contributed by atoms with E-state index in [9.17, 15) is 0 Å². The van der Waals surface area contributed by atoms with Gasteiger partial charge in [0.2, 0.25) is 0 Å². The van der Waals surface area contributed by atoms with E-state index in [1.54, 1.807) is 0 Å². The Morgan fingerprint density at radius 2 is 1.69 bits per heavy atom. The fourth-order valence-electron chi connectivity index (χ4n) is 3.73. The van der Waals surface area contributed by atoms with E-state index in [0.29, 0.717) is 13.2 Å². The Hall–Kier alpha value is -3.84. The molecule has 2 heterocycles. The number of benzene rings is 2. The molecule has 32 heavy (non-hydrogen) atoms. The van der Waals surface area contributed by atoms with Crippen LogP contribution < -0.4 is 26.0 Å². The molecule has 0 atom stereocenters. The van der Waals surface area contributed by atoms with Crippen LogP contribution in [-0.2, 0) is 6.61 Å². The molecule has 0 radical (unpaired) electrons. The number of hydrazone groups is 1. The largest absolute Gasteiger partial charge is 0.489 e. The number of hydrazine groups is 2. The lowest BCUT2D eigenvalue weighted by molar-refractivity contribution is 0.300. The summed E-state index contributed by atoms with van der Waals surface area (Å²) in [6.07, 6.45) is 7.26. The molecule has 0 saturated carbocycles. The smallest absolute Gasteiger partial charge is 0.143 e. The Kier molecular flexibility index (Phi) is 5.98. The standard InChI is InChI=1S/C25H25N5O2/c1-2-7-24-20(6-1)8-9-21(26-24)17-32-23-12-10-22(11-13-23)31-16-19-5-3-4-18(14-19)15-25-27-29-30-28-25/h1-2,4,6-14,29-30H,3,5,15-17H2,(H,27,28). The number of nitrogens with one attached hydrogen (secondary N) is 3. The summed E-state index contributed by atoms with van der Waals surface area (Å²) in [7, 11) is 0. The second-order valence-electron chi connectivity index (χ2n) is 7.76. The van der Waals surface area contributed by atoms with Crippen LogP contribution in [0.4, 0.5) is 0 Å². The zero-order valence-corrected chi connectivity index (χ0v) is 17.7. The molecule has 2 aromatic carbocycles. The third-order valence-corrected chi connectivity index (χ3v) is 5.38. The highest BCUT2D eigenvalue weighted by Crippen LogP contribution is 2.23. The Morgan fingerprint density at radius 3 is 2.50 bits per heavy atom. The van der Waals surface area contributed by atoms with Gasteiger partial charge in [0, 0.05) is 11.8 Å². The van der Waals surface area contributed by atoms with E-state index in [4.69, 9.17) is 9.47 Å². The van der Waals surface area contributed by atoms with Crippen LogP contribution in [0, 0.1) is 0 Å². The number of nitrogens with zero attached hydrogens (tertiary/aromatic N) is 2. The lowest BCUT2D eigenvalue weighted by Gasteiger charge is -2.15. The molecule has 0 saturated heterocycles. The number of amidine groups is 1. The summed E-state index contributed by atoms with van der Waals surface area (Å²) in [6, 6.07) is 19.9. The monoisotopic (exact) mass is 427 g/mol. The van der Waals surface area contributed by atoms with Crippen LogP contribution >= 0.6 is 0 Å². The lowest BCUT2D eigenvalue weighted by atomic mass is 9.97. The number of para-hydroxylation sites is 1. The summed E-state index contributed by atoms with van der Waals surface area (Å²) in [5.74, 6) is 2.50. The molecule has 7 nitrogen and oxygen atoms in total. The molecule has 7 heteroatoms. The summed E-state index contributed by atoms with van der Waals surface area (Å²) in [4.78, 5) is 4.65. The summed E-state index contributed by atoms with van der Waals surface area (Å²) >= 11 is 0. The third kappa shape index (κ3) is 5.07. The first-order valence-electron chi connectivity index (χ1n) is 10.7. The second-order valence-corrected chi connectivity index (χ2v) is 7.76. The maximum atomic E-state index is 6.00. The van der Waals surface area contributed by atoms with E-state index in [-0.39, 0.29) is 0 Å². The highest BCUT2D eigenvalue weighted by molar-refractivity contribution is 5.85. The van der Waals surface area contributed by atoms with Gasteiger partial charge in [-0.15, -0.1) is 10.6 Å². The second kappa shape index (κ2) is 9.53. The summed E-state index contributed by atoms with van der Waals surface area (Å²) < 4.78 is 11.9. The minimum Gasteiger partial charge on any atom is -0.489 e. The fraction of sp³-hybridized carbons (Fsp3) is 0.200. The average molecular weight is 428 g/mol. The Balaban J connectivity index is 1.12. The molecule has 1 aliphatic carbocycles. The van der Waals surface area contributed by atoms with Crippen LogP contribution in [0.5, 0.6) is 11.5 Å².